The number of hydrogen-bond donors (Lipinski definition) is 0. The number of rotatable bonds is 7. The van der Waals surface area contributed by atoms with Gasteiger partial charge >= 0.3 is 0 Å². The zero-order valence-corrected chi connectivity index (χ0v) is 22.3. The molecule has 36 heavy (non-hydrogen) atoms. The van der Waals surface area contributed by atoms with Gasteiger partial charge in [-0.05, 0) is 36.2 Å². The molecule has 2 aliphatic rings. The molecule has 0 N–H and O–H groups in total. The molecular weight excluding hydrogens is 517 g/mol. The van der Waals surface area contributed by atoms with Crippen LogP contribution in [0.1, 0.15) is 33.9 Å². The lowest BCUT2D eigenvalue weighted by atomic mass is 9.96. The summed E-state index contributed by atoms with van der Waals surface area (Å²) in [6.07, 6.45) is 0.796. The topological polar surface area (TPSA) is 43.9 Å². The van der Waals surface area contributed by atoms with Gasteiger partial charge in [0.1, 0.15) is 0 Å². The first-order valence-electron chi connectivity index (χ1n) is 11.8. The highest BCUT2D eigenvalue weighted by Gasteiger charge is 2.37. The van der Waals surface area contributed by atoms with Crippen LogP contribution in [0.25, 0.3) is 0 Å². The first-order chi connectivity index (χ1) is 16.6. The van der Waals surface area contributed by atoms with Crippen LogP contribution < -0.4 is 4.90 Å². The van der Waals surface area contributed by atoms with E-state index in [9.17, 15) is 9.59 Å². The number of benzene rings is 3. The van der Waals surface area contributed by atoms with Crippen molar-refractivity contribution in [1.29, 1.82) is 0 Å². The Morgan fingerprint density at radius 3 is 1.89 bits per heavy atom. The van der Waals surface area contributed by atoms with Crippen molar-refractivity contribution >= 4 is 53.8 Å². The number of carbonyl (C=O) groups excluding carboxylic acids is 2. The van der Waals surface area contributed by atoms with Crippen LogP contribution in [0.4, 0.5) is 5.69 Å². The van der Waals surface area contributed by atoms with Gasteiger partial charge in [0.15, 0.2) is 0 Å². The van der Waals surface area contributed by atoms with E-state index in [0.29, 0.717) is 22.8 Å². The Labute approximate surface area is 229 Å². The Bertz CT molecular complexity index is 1130. The molecule has 0 radical (unpaired) electrons. The molecular formula is C28H30Cl3N3O2. The monoisotopic (exact) mass is 545 g/mol. The fourth-order valence-electron chi connectivity index (χ4n) is 5.11. The molecule has 1 saturated heterocycles. The molecule has 2 heterocycles. The van der Waals surface area contributed by atoms with Gasteiger partial charge in [0, 0.05) is 32.7 Å². The first-order valence-corrected chi connectivity index (χ1v) is 12.2. The summed E-state index contributed by atoms with van der Waals surface area (Å²) in [4.78, 5) is 31.3. The average Bonchev–Trinajstić information content (AvgIpc) is 3.12. The fraction of sp³-hybridized carbons (Fsp3) is 0.286. The van der Waals surface area contributed by atoms with Gasteiger partial charge in [0.25, 0.3) is 11.7 Å². The van der Waals surface area contributed by atoms with Crippen molar-refractivity contribution in [2.24, 2.45) is 0 Å². The third-order valence-corrected chi connectivity index (χ3v) is 7.10. The molecule has 1 fully saturated rings. The number of piperazine rings is 1. The lowest BCUT2D eigenvalue weighted by molar-refractivity contribution is -0.114. The van der Waals surface area contributed by atoms with Crippen molar-refractivity contribution in [3.8, 4) is 0 Å². The standard InChI is InChI=1S/C28H28ClN3O2.2ClH/c29-24-14-7-13-23-26(24)32(28(34)27(23)33)16-8-15-30-17-19-31(20-18-30)25(21-9-3-1-4-10-21)22-11-5-2-6-12-22;;/h1-7,9-14,25H,8,15-20H2;2*1H. The summed E-state index contributed by atoms with van der Waals surface area (Å²) in [5, 5.41) is 0.457. The number of para-hydroxylation sites is 1. The van der Waals surface area contributed by atoms with Crippen molar-refractivity contribution in [3.05, 3.63) is 101 Å². The lowest BCUT2D eigenvalue weighted by Gasteiger charge is -2.40. The normalized spacial score (nSPS) is 16.0. The van der Waals surface area contributed by atoms with E-state index in [0.717, 1.165) is 39.1 Å². The quantitative estimate of drug-likeness (QED) is 0.367. The van der Waals surface area contributed by atoms with E-state index >= 15 is 0 Å². The third-order valence-electron chi connectivity index (χ3n) is 6.80. The second kappa shape index (κ2) is 12.7. The van der Waals surface area contributed by atoms with Crippen LogP contribution in [-0.2, 0) is 4.79 Å². The Morgan fingerprint density at radius 1 is 0.722 bits per heavy atom. The van der Waals surface area contributed by atoms with E-state index in [1.54, 1.807) is 23.1 Å². The van der Waals surface area contributed by atoms with Crippen molar-refractivity contribution in [2.75, 3.05) is 44.2 Å². The predicted molar refractivity (Wildman–Crippen MR) is 150 cm³/mol. The minimum atomic E-state index is -0.471. The molecule has 0 unspecified atom stereocenters. The molecule has 3 aromatic rings. The van der Waals surface area contributed by atoms with E-state index in [1.165, 1.54) is 11.1 Å². The van der Waals surface area contributed by atoms with Crippen LogP contribution in [0, 0.1) is 0 Å². The van der Waals surface area contributed by atoms with Gasteiger partial charge in [-0.3, -0.25) is 14.5 Å². The van der Waals surface area contributed by atoms with Crippen LogP contribution in [-0.4, -0.2) is 60.8 Å². The van der Waals surface area contributed by atoms with Gasteiger partial charge in [-0.2, -0.15) is 0 Å². The number of nitrogens with zero attached hydrogens (tertiary/aromatic N) is 3. The summed E-state index contributed by atoms with van der Waals surface area (Å²) < 4.78 is 0. The summed E-state index contributed by atoms with van der Waals surface area (Å²) in [6, 6.07) is 26.8. The number of ketones is 1. The summed E-state index contributed by atoms with van der Waals surface area (Å²) in [5.74, 6) is -0.930. The smallest absolute Gasteiger partial charge is 0.299 e. The highest BCUT2D eigenvalue weighted by molar-refractivity contribution is 6.54. The zero-order valence-electron chi connectivity index (χ0n) is 19.9. The Hall–Kier alpha value is -2.41. The molecule has 190 valence electrons. The zero-order chi connectivity index (χ0) is 23.5. The van der Waals surface area contributed by atoms with Gasteiger partial charge in [-0.1, -0.05) is 78.3 Å². The Balaban J connectivity index is 0.00000180. The van der Waals surface area contributed by atoms with Gasteiger partial charge in [-0.25, -0.2) is 0 Å². The molecule has 2 aliphatic heterocycles. The van der Waals surface area contributed by atoms with Gasteiger partial charge < -0.3 is 9.80 Å². The molecule has 8 heteroatoms. The second-order valence-electron chi connectivity index (χ2n) is 8.88. The molecule has 0 aliphatic carbocycles. The molecule has 0 atom stereocenters. The van der Waals surface area contributed by atoms with Crippen LogP contribution in [0.5, 0.6) is 0 Å². The maximum Gasteiger partial charge on any atom is 0.299 e. The lowest BCUT2D eigenvalue weighted by Crippen LogP contribution is -2.48. The number of hydrogen-bond acceptors (Lipinski definition) is 4. The number of amides is 1. The summed E-state index contributed by atoms with van der Waals surface area (Å²) >= 11 is 6.31. The maximum atomic E-state index is 12.5. The number of anilines is 1. The second-order valence-corrected chi connectivity index (χ2v) is 9.28. The largest absolute Gasteiger partial charge is 0.303 e. The molecule has 1 amide bonds. The molecule has 3 aromatic carbocycles. The third kappa shape index (κ3) is 5.77. The average molecular weight is 547 g/mol. The number of fused-ring (bicyclic) bond motifs is 1. The van der Waals surface area contributed by atoms with E-state index < -0.39 is 11.7 Å². The van der Waals surface area contributed by atoms with Gasteiger partial charge in [-0.15, -0.1) is 24.8 Å². The van der Waals surface area contributed by atoms with Gasteiger partial charge in [0.05, 0.1) is 22.3 Å². The summed E-state index contributed by atoms with van der Waals surface area (Å²) in [5.41, 5.74) is 3.61. The Morgan fingerprint density at radius 2 is 1.31 bits per heavy atom. The van der Waals surface area contributed by atoms with E-state index in [-0.39, 0.29) is 30.9 Å². The van der Waals surface area contributed by atoms with E-state index in [1.807, 2.05) is 0 Å². The summed E-state index contributed by atoms with van der Waals surface area (Å²) in [6.45, 7) is 5.28. The van der Waals surface area contributed by atoms with Crippen molar-refractivity contribution in [3.63, 3.8) is 0 Å². The van der Waals surface area contributed by atoms with Crippen molar-refractivity contribution < 1.29 is 9.59 Å². The molecule has 0 aromatic heterocycles. The fourth-order valence-corrected chi connectivity index (χ4v) is 5.38. The minimum absolute atomic E-state index is 0. The number of carbonyl (C=O) groups is 2. The predicted octanol–water partition coefficient (Wildman–Crippen LogP) is 5.51. The highest BCUT2D eigenvalue weighted by Crippen LogP contribution is 2.36. The summed E-state index contributed by atoms with van der Waals surface area (Å²) in [7, 11) is 0. The SMILES string of the molecule is Cl.Cl.O=C1C(=O)N(CCCN2CCN(C(c3ccccc3)c3ccccc3)CC2)c2c(Cl)cccc21. The van der Waals surface area contributed by atoms with Crippen molar-refractivity contribution in [2.45, 2.75) is 12.5 Å². The Kier molecular flexibility index (Phi) is 9.94. The molecule has 0 spiro atoms. The number of halogens is 3. The van der Waals surface area contributed by atoms with Crippen LogP contribution in [0.2, 0.25) is 5.02 Å². The van der Waals surface area contributed by atoms with E-state index in [2.05, 4.69) is 70.5 Å². The molecule has 0 saturated carbocycles. The highest BCUT2D eigenvalue weighted by atomic mass is 35.5. The first kappa shape index (κ1) is 28.2. The molecule has 5 nitrogen and oxygen atoms in total. The maximum absolute atomic E-state index is 12.5. The van der Waals surface area contributed by atoms with Gasteiger partial charge in [0.2, 0.25) is 0 Å². The van der Waals surface area contributed by atoms with Crippen LogP contribution >= 0.6 is 36.4 Å². The van der Waals surface area contributed by atoms with Crippen molar-refractivity contribution in [1.82, 2.24) is 9.80 Å². The van der Waals surface area contributed by atoms with Crippen LogP contribution in [0.15, 0.2) is 78.9 Å². The van der Waals surface area contributed by atoms with Crippen LogP contribution in [0.3, 0.4) is 0 Å². The minimum Gasteiger partial charge on any atom is -0.303 e. The van der Waals surface area contributed by atoms with E-state index in [4.69, 9.17) is 11.6 Å². The molecule has 5 rings (SSSR count). The number of Topliss-reactive ketones (excluding diaryl/α,β-unsaturated/α-hetero) is 1. The molecule has 0 bridgehead atoms.